The van der Waals surface area contributed by atoms with Gasteiger partial charge in [-0.1, -0.05) is 48.5 Å². The van der Waals surface area contributed by atoms with E-state index in [9.17, 15) is 14.4 Å². The summed E-state index contributed by atoms with van der Waals surface area (Å²) in [5, 5.41) is 5.95. The Morgan fingerprint density at radius 3 is 2.35 bits per heavy atom. The normalized spacial score (nSPS) is 15.3. The Morgan fingerprint density at radius 2 is 1.74 bits per heavy atom. The first kappa shape index (κ1) is 22.0. The van der Waals surface area contributed by atoms with Crippen molar-refractivity contribution in [1.82, 2.24) is 4.90 Å². The number of carbonyl (C=O) groups excluding carboxylic acids is 3. The summed E-state index contributed by atoms with van der Waals surface area (Å²) in [6.45, 7) is 2.44. The summed E-state index contributed by atoms with van der Waals surface area (Å²) in [4.78, 5) is 38.9. The second-order valence-corrected chi connectivity index (χ2v) is 7.13. The Bertz CT molecular complexity index is 947. The zero-order chi connectivity index (χ0) is 22.2. The van der Waals surface area contributed by atoms with Gasteiger partial charge >= 0.3 is 5.97 Å². The molecule has 0 spiro atoms. The molecule has 0 radical (unpaired) electrons. The van der Waals surface area contributed by atoms with Crippen LogP contribution in [-0.4, -0.2) is 47.6 Å². The van der Waals surface area contributed by atoms with E-state index in [1.165, 1.54) is 0 Å². The number of para-hydroxylation sites is 1. The fourth-order valence-corrected chi connectivity index (χ4v) is 3.39. The van der Waals surface area contributed by atoms with E-state index in [1.807, 2.05) is 60.7 Å². The molecule has 1 heterocycles. The average molecular weight is 422 g/mol. The van der Waals surface area contributed by atoms with Crippen LogP contribution in [0.4, 0.5) is 5.69 Å². The Labute approximate surface area is 181 Å². The number of esters is 1. The lowest BCUT2D eigenvalue weighted by atomic mass is 10.1. The Kier molecular flexibility index (Phi) is 7.37. The van der Waals surface area contributed by atoms with Crippen molar-refractivity contribution < 1.29 is 19.1 Å². The fraction of sp³-hybridized carbons (Fsp3) is 0.304. The quantitative estimate of drug-likeness (QED) is 0.623. The molecule has 0 saturated heterocycles. The van der Waals surface area contributed by atoms with Crippen molar-refractivity contribution in [2.24, 2.45) is 10.8 Å². The minimum Gasteiger partial charge on any atom is -0.461 e. The van der Waals surface area contributed by atoms with Crippen LogP contribution in [0.3, 0.4) is 0 Å². The monoisotopic (exact) mass is 422 g/mol. The molecule has 0 fully saturated rings. The van der Waals surface area contributed by atoms with Crippen LogP contribution in [0.15, 0.2) is 65.8 Å². The second-order valence-electron chi connectivity index (χ2n) is 7.13. The third-order valence-electron chi connectivity index (χ3n) is 4.88. The highest BCUT2D eigenvalue weighted by molar-refractivity contribution is 6.38. The van der Waals surface area contributed by atoms with Gasteiger partial charge in [0.1, 0.15) is 11.8 Å². The highest BCUT2D eigenvalue weighted by Gasteiger charge is 2.39. The molecule has 2 aromatic carbocycles. The molecule has 2 N–H and O–H groups in total. The number of rotatable bonds is 9. The summed E-state index contributed by atoms with van der Waals surface area (Å²) in [7, 11) is 0. The van der Waals surface area contributed by atoms with Crippen LogP contribution in [0.1, 0.15) is 25.3 Å². The highest BCUT2D eigenvalue weighted by Crippen LogP contribution is 2.26. The van der Waals surface area contributed by atoms with Crippen molar-refractivity contribution in [2.45, 2.75) is 32.4 Å². The van der Waals surface area contributed by atoms with Crippen LogP contribution in [-0.2, 0) is 25.7 Å². The van der Waals surface area contributed by atoms with Crippen LogP contribution >= 0.6 is 0 Å². The van der Waals surface area contributed by atoms with Crippen molar-refractivity contribution in [3.8, 4) is 0 Å². The zero-order valence-corrected chi connectivity index (χ0v) is 17.4. The van der Waals surface area contributed by atoms with Gasteiger partial charge in [0.05, 0.1) is 12.3 Å². The summed E-state index contributed by atoms with van der Waals surface area (Å²) in [5.41, 5.74) is 7.14. The first-order valence-electron chi connectivity index (χ1n) is 10.2. The summed E-state index contributed by atoms with van der Waals surface area (Å²) < 4.78 is 5.09. The lowest BCUT2D eigenvalue weighted by Gasteiger charge is -2.29. The summed E-state index contributed by atoms with van der Waals surface area (Å²) in [5.74, 6) is -1.26. The molecule has 8 nitrogen and oxygen atoms in total. The Balaban J connectivity index is 1.88. The molecule has 0 bridgehead atoms. The largest absolute Gasteiger partial charge is 0.461 e. The van der Waals surface area contributed by atoms with E-state index in [4.69, 9.17) is 10.5 Å². The van der Waals surface area contributed by atoms with Crippen molar-refractivity contribution >= 4 is 29.2 Å². The topological polar surface area (TPSA) is 105 Å². The summed E-state index contributed by atoms with van der Waals surface area (Å²) in [6.07, 6.45) is 0.163. The van der Waals surface area contributed by atoms with E-state index < -0.39 is 17.9 Å². The third kappa shape index (κ3) is 5.69. The van der Waals surface area contributed by atoms with E-state index in [-0.39, 0.29) is 37.6 Å². The van der Waals surface area contributed by atoms with Gasteiger partial charge in [-0.15, -0.1) is 0 Å². The Hall–Kier alpha value is -3.68. The molecular weight excluding hydrogens is 396 g/mol. The number of ether oxygens (including phenoxy) is 1. The van der Waals surface area contributed by atoms with Crippen molar-refractivity contribution in [1.29, 1.82) is 0 Å². The SMILES string of the molecule is CCOC(=O)C1=NN(c2ccccc2)C(C(=O)N(CCC(N)=O)Cc2ccccc2)C1. The van der Waals surface area contributed by atoms with Gasteiger partial charge in [-0.25, -0.2) is 4.79 Å². The maximum Gasteiger partial charge on any atom is 0.354 e. The fourth-order valence-electron chi connectivity index (χ4n) is 3.39. The molecule has 31 heavy (non-hydrogen) atoms. The molecule has 8 heteroatoms. The molecule has 2 aromatic rings. The van der Waals surface area contributed by atoms with Crippen molar-refractivity contribution in [3.05, 3.63) is 66.2 Å². The van der Waals surface area contributed by atoms with Gasteiger partial charge in [0.15, 0.2) is 0 Å². The van der Waals surface area contributed by atoms with Crippen LogP contribution in [0.5, 0.6) is 0 Å². The molecule has 0 aromatic heterocycles. The van der Waals surface area contributed by atoms with E-state index >= 15 is 0 Å². The molecule has 2 amide bonds. The van der Waals surface area contributed by atoms with E-state index in [1.54, 1.807) is 16.8 Å². The average Bonchev–Trinajstić information content (AvgIpc) is 3.23. The van der Waals surface area contributed by atoms with Crippen molar-refractivity contribution in [3.63, 3.8) is 0 Å². The number of hydrogen-bond acceptors (Lipinski definition) is 6. The van der Waals surface area contributed by atoms with Crippen LogP contribution in [0.2, 0.25) is 0 Å². The molecule has 1 aliphatic heterocycles. The number of hydrogen-bond donors (Lipinski definition) is 1. The molecule has 0 aliphatic carbocycles. The van der Waals surface area contributed by atoms with Gasteiger partial charge in [-0.05, 0) is 24.6 Å². The summed E-state index contributed by atoms with van der Waals surface area (Å²) >= 11 is 0. The van der Waals surface area contributed by atoms with E-state index in [0.717, 1.165) is 5.56 Å². The molecular formula is C23H26N4O4. The minimum atomic E-state index is -0.724. The minimum absolute atomic E-state index is 0.0439. The predicted octanol–water partition coefficient (Wildman–Crippen LogP) is 2.09. The lowest BCUT2D eigenvalue weighted by molar-refractivity contribution is -0.135. The number of benzene rings is 2. The molecule has 0 saturated carbocycles. The number of nitrogens with zero attached hydrogens (tertiary/aromatic N) is 3. The van der Waals surface area contributed by atoms with Crippen LogP contribution in [0, 0.1) is 0 Å². The highest BCUT2D eigenvalue weighted by atomic mass is 16.5. The van der Waals surface area contributed by atoms with Gasteiger partial charge in [0, 0.05) is 25.9 Å². The molecule has 162 valence electrons. The number of primary amides is 1. The Morgan fingerprint density at radius 1 is 1.10 bits per heavy atom. The molecule has 1 unspecified atom stereocenters. The lowest BCUT2D eigenvalue weighted by Crippen LogP contribution is -2.46. The molecule has 3 rings (SSSR count). The molecule has 1 aliphatic rings. The van der Waals surface area contributed by atoms with Crippen LogP contribution in [0.25, 0.3) is 0 Å². The van der Waals surface area contributed by atoms with E-state index in [2.05, 4.69) is 5.10 Å². The maximum atomic E-state index is 13.6. The number of carbonyl (C=O) groups is 3. The number of nitrogens with two attached hydrogens (primary N) is 1. The first-order valence-corrected chi connectivity index (χ1v) is 10.2. The number of hydrazone groups is 1. The number of amides is 2. The van der Waals surface area contributed by atoms with Crippen LogP contribution < -0.4 is 10.7 Å². The van der Waals surface area contributed by atoms with Gasteiger partial charge in [-0.2, -0.15) is 5.10 Å². The van der Waals surface area contributed by atoms with E-state index in [0.29, 0.717) is 12.2 Å². The van der Waals surface area contributed by atoms with Gasteiger partial charge < -0.3 is 15.4 Å². The standard InChI is InChI=1S/C23H26N4O4/c1-2-31-23(30)19-15-20(27(25-19)18-11-7-4-8-12-18)22(29)26(14-13-21(24)28)16-17-9-5-3-6-10-17/h3-12,20H,2,13-16H2,1H3,(H2,24,28). The molecule has 1 atom stereocenters. The zero-order valence-electron chi connectivity index (χ0n) is 17.4. The number of anilines is 1. The summed E-state index contributed by atoms with van der Waals surface area (Å²) in [6, 6.07) is 18.0. The van der Waals surface area contributed by atoms with Crippen molar-refractivity contribution in [2.75, 3.05) is 18.2 Å². The van der Waals surface area contributed by atoms with Gasteiger partial charge in [0.25, 0.3) is 0 Å². The van der Waals surface area contributed by atoms with Gasteiger partial charge in [-0.3, -0.25) is 14.6 Å². The van der Waals surface area contributed by atoms with Gasteiger partial charge in [0.2, 0.25) is 11.8 Å². The third-order valence-corrected chi connectivity index (χ3v) is 4.88. The first-order chi connectivity index (χ1) is 15.0. The maximum absolute atomic E-state index is 13.6. The second kappa shape index (κ2) is 10.4. The predicted molar refractivity (Wildman–Crippen MR) is 117 cm³/mol. The smallest absolute Gasteiger partial charge is 0.354 e.